The minimum absolute atomic E-state index is 0.215. The molecule has 1 fully saturated rings. The van der Waals surface area contributed by atoms with Gasteiger partial charge in [0.2, 0.25) is 10.0 Å². The van der Waals surface area contributed by atoms with Gasteiger partial charge in [-0.25, -0.2) is 18.1 Å². The SMILES string of the molecule is Cc1ccc(Oc2ccnc(Nc3ccc(S(=O)(=O)NCCN4CCOCC4)cc3)c2)c(C)n1. The Balaban J connectivity index is 1.35. The summed E-state index contributed by atoms with van der Waals surface area (Å²) < 4.78 is 39.1. The molecular formula is C24H29N5O4S. The van der Waals surface area contributed by atoms with Gasteiger partial charge in [-0.1, -0.05) is 0 Å². The molecule has 180 valence electrons. The lowest BCUT2D eigenvalue weighted by atomic mass is 10.3. The number of nitrogens with one attached hydrogen (secondary N) is 2. The summed E-state index contributed by atoms with van der Waals surface area (Å²) >= 11 is 0. The van der Waals surface area contributed by atoms with Crippen LogP contribution >= 0.6 is 0 Å². The third-order valence-corrected chi connectivity index (χ3v) is 6.87. The zero-order valence-corrected chi connectivity index (χ0v) is 20.1. The van der Waals surface area contributed by atoms with E-state index in [9.17, 15) is 8.42 Å². The number of hydrogen-bond donors (Lipinski definition) is 2. The van der Waals surface area contributed by atoms with Gasteiger partial charge < -0.3 is 14.8 Å². The summed E-state index contributed by atoms with van der Waals surface area (Å²) in [6.45, 7) is 7.87. The Hall–Kier alpha value is -3.05. The van der Waals surface area contributed by atoms with Crippen LogP contribution in [0.1, 0.15) is 11.4 Å². The highest BCUT2D eigenvalue weighted by atomic mass is 32.2. The molecule has 0 radical (unpaired) electrons. The largest absolute Gasteiger partial charge is 0.455 e. The van der Waals surface area contributed by atoms with Crippen LogP contribution in [0.5, 0.6) is 11.5 Å². The molecule has 0 saturated carbocycles. The second kappa shape index (κ2) is 10.9. The smallest absolute Gasteiger partial charge is 0.240 e. The van der Waals surface area contributed by atoms with Crippen LogP contribution in [0.2, 0.25) is 0 Å². The number of nitrogens with zero attached hydrogens (tertiary/aromatic N) is 3. The molecule has 1 aliphatic heterocycles. The van der Waals surface area contributed by atoms with Gasteiger partial charge in [0, 0.05) is 49.8 Å². The molecule has 2 aromatic heterocycles. The van der Waals surface area contributed by atoms with Crippen molar-refractivity contribution in [3.05, 3.63) is 66.1 Å². The van der Waals surface area contributed by atoms with Crippen molar-refractivity contribution in [2.75, 3.05) is 44.7 Å². The van der Waals surface area contributed by atoms with Crippen LogP contribution in [0.25, 0.3) is 0 Å². The zero-order chi connectivity index (χ0) is 24.0. The van der Waals surface area contributed by atoms with Crippen molar-refractivity contribution in [3.63, 3.8) is 0 Å². The number of aryl methyl sites for hydroxylation is 2. The van der Waals surface area contributed by atoms with E-state index in [1.807, 2.05) is 26.0 Å². The minimum atomic E-state index is -3.58. The molecule has 0 amide bonds. The Labute approximate surface area is 200 Å². The third kappa shape index (κ3) is 6.51. The van der Waals surface area contributed by atoms with E-state index in [0.29, 0.717) is 49.3 Å². The van der Waals surface area contributed by atoms with Gasteiger partial charge in [0.15, 0.2) is 0 Å². The van der Waals surface area contributed by atoms with Gasteiger partial charge in [0.25, 0.3) is 0 Å². The Morgan fingerprint density at radius 2 is 1.82 bits per heavy atom. The number of hydrogen-bond acceptors (Lipinski definition) is 8. The molecule has 0 unspecified atom stereocenters. The summed E-state index contributed by atoms with van der Waals surface area (Å²) in [5.41, 5.74) is 2.45. The highest BCUT2D eigenvalue weighted by Gasteiger charge is 2.15. The highest BCUT2D eigenvalue weighted by molar-refractivity contribution is 7.89. The summed E-state index contributed by atoms with van der Waals surface area (Å²) in [7, 11) is -3.58. The lowest BCUT2D eigenvalue weighted by Gasteiger charge is -2.26. The number of rotatable bonds is 9. The van der Waals surface area contributed by atoms with Gasteiger partial charge in [-0.2, -0.15) is 0 Å². The van der Waals surface area contributed by atoms with E-state index >= 15 is 0 Å². The van der Waals surface area contributed by atoms with E-state index in [0.717, 1.165) is 24.5 Å². The van der Waals surface area contributed by atoms with Crippen molar-refractivity contribution in [1.82, 2.24) is 19.6 Å². The van der Waals surface area contributed by atoms with Crippen molar-refractivity contribution < 1.29 is 17.9 Å². The molecule has 4 rings (SSSR count). The average molecular weight is 484 g/mol. The standard InChI is InChI=1S/C24H29N5O4S/c1-18-3-8-23(19(2)27-18)33-21-9-10-25-24(17-21)28-20-4-6-22(7-5-20)34(30,31)26-11-12-29-13-15-32-16-14-29/h3-10,17,26H,11-16H2,1-2H3,(H,25,28). The zero-order valence-electron chi connectivity index (χ0n) is 19.3. The van der Waals surface area contributed by atoms with Crippen LogP contribution in [0.15, 0.2) is 59.6 Å². The Morgan fingerprint density at radius 3 is 2.56 bits per heavy atom. The number of ether oxygens (including phenoxy) is 2. The molecule has 1 saturated heterocycles. The summed E-state index contributed by atoms with van der Waals surface area (Å²) in [5, 5.41) is 3.18. The van der Waals surface area contributed by atoms with Crippen molar-refractivity contribution in [2.45, 2.75) is 18.7 Å². The molecule has 1 aliphatic rings. The van der Waals surface area contributed by atoms with Crippen molar-refractivity contribution in [1.29, 1.82) is 0 Å². The first-order chi connectivity index (χ1) is 16.4. The number of pyridine rings is 2. The van der Waals surface area contributed by atoms with Gasteiger partial charge in [-0.15, -0.1) is 0 Å². The fourth-order valence-corrected chi connectivity index (χ4v) is 4.58. The quantitative estimate of drug-likeness (QED) is 0.478. The number of morpholine rings is 1. The molecule has 10 heteroatoms. The van der Waals surface area contributed by atoms with Gasteiger partial charge >= 0.3 is 0 Å². The fourth-order valence-electron chi connectivity index (χ4n) is 3.56. The Bertz CT molecular complexity index is 1210. The van der Waals surface area contributed by atoms with Gasteiger partial charge in [0.05, 0.1) is 23.8 Å². The van der Waals surface area contributed by atoms with Crippen LogP contribution in [0, 0.1) is 13.8 Å². The van der Waals surface area contributed by atoms with E-state index in [2.05, 4.69) is 24.9 Å². The lowest BCUT2D eigenvalue weighted by Crippen LogP contribution is -2.41. The first-order valence-electron chi connectivity index (χ1n) is 11.1. The topological polar surface area (TPSA) is 106 Å². The fraction of sp³-hybridized carbons (Fsp3) is 0.333. The molecule has 2 N–H and O–H groups in total. The van der Waals surface area contributed by atoms with Crippen molar-refractivity contribution >= 4 is 21.5 Å². The number of aromatic nitrogens is 2. The van der Waals surface area contributed by atoms with Crippen LogP contribution in [-0.2, 0) is 14.8 Å². The van der Waals surface area contributed by atoms with E-state index in [4.69, 9.17) is 9.47 Å². The summed E-state index contributed by atoms with van der Waals surface area (Å²) in [4.78, 5) is 11.1. The van der Waals surface area contributed by atoms with Crippen molar-refractivity contribution in [2.24, 2.45) is 0 Å². The predicted molar refractivity (Wildman–Crippen MR) is 130 cm³/mol. The maximum atomic E-state index is 12.6. The third-order valence-electron chi connectivity index (χ3n) is 5.40. The molecule has 3 heterocycles. The molecular weight excluding hydrogens is 454 g/mol. The van der Waals surface area contributed by atoms with Gasteiger partial charge in [0.1, 0.15) is 17.3 Å². The monoisotopic (exact) mass is 483 g/mol. The second-order valence-electron chi connectivity index (χ2n) is 8.02. The second-order valence-corrected chi connectivity index (χ2v) is 9.78. The van der Waals surface area contributed by atoms with Crippen LogP contribution in [0.4, 0.5) is 11.5 Å². The van der Waals surface area contributed by atoms with E-state index in [-0.39, 0.29) is 4.90 Å². The summed E-state index contributed by atoms with van der Waals surface area (Å²) in [6.07, 6.45) is 1.64. The summed E-state index contributed by atoms with van der Waals surface area (Å²) in [6, 6.07) is 13.9. The Kier molecular flexibility index (Phi) is 7.73. The van der Waals surface area contributed by atoms with Gasteiger partial charge in [-0.3, -0.25) is 9.88 Å². The van der Waals surface area contributed by atoms with Crippen LogP contribution in [0.3, 0.4) is 0 Å². The number of sulfonamides is 1. The Morgan fingerprint density at radius 1 is 1.06 bits per heavy atom. The molecule has 34 heavy (non-hydrogen) atoms. The lowest BCUT2D eigenvalue weighted by molar-refractivity contribution is 0.0390. The molecule has 1 aromatic carbocycles. The maximum absolute atomic E-state index is 12.6. The number of anilines is 2. The molecule has 9 nitrogen and oxygen atoms in total. The normalized spacial score (nSPS) is 14.6. The molecule has 0 aliphatic carbocycles. The molecule has 0 bridgehead atoms. The molecule has 0 atom stereocenters. The summed E-state index contributed by atoms with van der Waals surface area (Å²) in [5.74, 6) is 1.88. The predicted octanol–water partition coefficient (Wildman–Crippen LogP) is 3.24. The number of benzene rings is 1. The molecule has 0 spiro atoms. The minimum Gasteiger partial charge on any atom is -0.455 e. The highest BCUT2D eigenvalue weighted by Crippen LogP contribution is 2.26. The van der Waals surface area contributed by atoms with Crippen LogP contribution in [-0.4, -0.2) is 62.7 Å². The van der Waals surface area contributed by atoms with Crippen molar-refractivity contribution in [3.8, 4) is 11.5 Å². The van der Waals surface area contributed by atoms with Gasteiger partial charge in [-0.05, 0) is 56.3 Å². The first kappa shape index (κ1) is 24.1. The maximum Gasteiger partial charge on any atom is 0.240 e. The first-order valence-corrected chi connectivity index (χ1v) is 12.6. The van der Waals surface area contributed by atoms with E-state index in [1.54, 1.807) is 42.6 Å². The van der Waals surface area contributed by atoms with Crippen LogP contribution < -0.4 is 14.8 Å². The average Bonchev–Trinajstić information content (AvgIpc) is 2.82. The van der Waals surface area contributed by atoms with E-state index < -0.39 is 10.0 Å². The van der Waals surface area contributed by atoms with E-state index in [1.165, 1.54) is 0 Å². The molecule has 3 aromatic rings.